The third kappa shape index (κ3) is 2.86. The second-order valence-electron chi connectivity index (χ2n) is 4.80. The maximum atomic E-state index is 12.6. The number of sulfonamides is 1. The lowest BCUT2D eigenvalue weighted by Gasteiger charge is -2.41. The molecule has 0 bridgehead atoms. The molecule has 1 aromatic carbocycles. The van der Waals surface area contributed by atoms with Crippen LogP contribution in [0, 0.1) is 6.92 Å². The number of hydrogen-bond donors (Lipinski definition) is 0. The van der Waals surface area contributed by atoms with Crippen LogP contribution in [0.15, 0.2) is 34.3 Å². The molecular formula is C13H14N4O5S. The first kappa shape index (κ1) is 16.8. The Balaban J connectivity index is 2.42. The number of aryl methyl sites for hydroxylation is 1. The maximum Gasteiger partial charge on any atom is 0.331 e. The van der Waals surface area contributed by atoms with E-state index in [2.05, 4.69) is 10.0 Å². The van der Waals surface area contributed by atoms with E-state index in [9.17, 15) is 18.0 Å². The van der Waals surface area contributed by atoms with Gasteiger partial charge in [0.1, 0.15) is 6.04 Å². The Kier molecular flexibility index (Phi) is 4.57. The molecule has 2 atom stereocenters. The van der Waals surface area contributed by atoms with Crippen molar-refractivity contribution in [2.75, 3.05) is 6.61 Å². The SMILES string of the molecule is CCOC(=O)[C@H]1[C@@H](N=[N+]=[N-])C(=O)N1S(=O)(=O)c1ccc(C)cc1. The summed E-state index contributed by atoms with van der Waals surface area (Å²) in [6.07, 6.45) is 0. The van der Waals surface area contributed by atoms with Crippen molar-refractivity contribution in [1.82, 2.24) is 4.31 Å². The summed E-state index contributed by atoms with van der Waals surface area (Å²) in [5.74, 6) is -1.89. The molecule has 1 amide bonds. The molecule has 1 aromatic rings. The van der Waals surface area contributed by atoms with E-state index < -0.39 is 34.0 Å². The van der Waals surface area contributed by atoms with Crippen LogP contribution in [0.4, 0.5) is 0 Å². The minimum Gasteiger partial charge on any atom is -0.464 e. The highest BCUT2D eigenvalue weighted by molar-refractivity contribution is 7.89. The topological polar surface area (TPSA) is 130 Å². The minimum atomic E-state index is -4.23. The Hall–Kier alpha value is -2.58. The average Bonchev–Trinajstić information content (AvgIpc) is 2.50. The van der Waals surface area contributed by atoms with Gasteiger partial charge in [-0.2, -0.15) is 0 Å². The van der Waals surface area contributed by atoms with Crippen LogP contribution < -0.4 is 0 Å². The van der Waals surface area contributed by atoms with E-state index in [4.69, 9.17) is 10.3 Å². The zero-order valence-electron chi connectivity index (χ0n) is 12.4. The average molecular weight is 338 g/mol. The first-order chi connectivity index (χ1) is 10.8. The van der Waals surface area contributed by atoms with E-state index in [0.717, 1.165) is 5.56 Å². The summed E-state index contributed by atoms with van der Waals surface area (Å²) >= 11 is 0. The Morgan fingerprint density at radius 3 is 2.52 bits per heavy atom. The quantitative estimate of drug-likeness (QED) is 0.261. The highest BCUT2D eigenvalue weighted by Crippen LogP contribution is 2.31. The van der Waals surface area contributed by atoms with Crippen LogP contribution in [0.3, 0.4) is 0 Å². The Morgan fingerprint density at radius 2 is 2.00 bits per heavy atom. The third-order valence-electron chi connectivity index (χ3n) is 3.30. The van der Waals surface area contributed by atoms with Crippen LogP contribution in [0.25, 0.3) is 10.4 Å². The van der Waals surface area contributed by atoms with Crippen molar-refractivity contribution in [3.8, 4) is 0 Å². The van der Waals surface area contributed by atoms with Gasteiger partial charge in [-0.1, -0.05) is 22.8 Å². The van der Waals surface area contributed by atoms with Gasteiger partial charge in [0.25, 0.3) is 10.0 Å². The molecule has 10 heteroatoms. The first-order valence-corrected chi connectivity index (χ1v) is 8.14. The van der Waals surface area contributed by atoms with Crippen molar-refractivity contribution in [2.45, 2.75) is 30.8 Å². The highest BCUT2D eigenvalue weighted by Gasteiger charge is 2.57. The summed E-state index contributed by atoms with van der Waals surface area (Å²) in [5.41, 5.74) is 9.31. The smallest absolute Gasteiger partial charge is 0.331 e. The maximum absolute atomic E-state index is 12.6. The molecule has 0 N–H and O–H groups in total. The summed E-state index contributed by atoms with van der Waals surface area (Å²) in [6, 6.07) is 2.91. The Bertz CT molecular complexity index is 783. The van der Waals surface area contributed by atoms with E-state index in [0.29, 0.717) is 4.31 Å². The molecule has 1 heterocycles. The van der Waals surface area contributed by atoms with Crippen molar-refractivity contribution < 1.29 is 22.7 Å². The van der Waals surface area contributed by atoms with Gasteiger partial charge in [-0.15, -0.1) is 0 Å². The largest absolute Gasteiger partial charge is 0.464 e. The fourth-order valence-electron chi connectivity index (χ4n) is 2.16. The van der Waals surface area contributed by atoms with Crippen LogP contribution in [0.2, 0.25) is 0 Å². The molecule has 1 saturated heterocycles. The van der Waals surface area contributed by atoms with Gasteiger partial charge in [-0.25, -0.2) is 17.5 Å². The van der Waals surface area contributed by atoms with Crippen LogP contribution in [-0.2, 0) is 24.3 Å². The van der Waals surface area contributed by atoms with E-state index >= 15 is 0 Å². The Morgan fingerprint density at radius 1 is 1.39 bits per heavy atom. The zero-order valence-corrected chi connectivity index (χ0v) is 13.2. The van der Waals surface area contributed by atoms with Crippen LogP contribution in [0.1, 0.15) is 12.5 Å². The number of azide groups is 1. The molecule has 0 saturated carbocycles. The molecule has 23 heavy (non-hydrogen) atoms. The molecule has 1 aliphatic rings. The van der Waals surface area contributed by atoms with Gasteiger partial charge in [-0.05, 0) is 31.5 Å². The van der Waals surface area contributed by atoms with E-state index in [1.165, 1.54) is 12.1 Å². The monoisotopic (exact) mass is 338 g/mol. The second-order valence-corrected chi connectivity index (χ2v) is 6.61. The van der Waals surface area contributed by atoms with Gasteiger partial charge < -0.3 is 4.74 Å². The number of β-lactam (4-membered cyclic amide) rings is 1. The predicted octanol–water partition coefficient (Wildman–Crippen LogP) is 1.14. The molecule has 0 aromatic heterocycles. The molecule has 0 aliphatic carbocycles. The zero-order chi connectivity index (χ0) is 17.2. The summed E-state index contributed by atoms with van der Waals surface area (Å²) in [7, 11) is -4.23. The van der Waals surface area contributed by atoms with Crippen molar-refractivity contribution in [1.29, 1.82) is 0 Å². The van der Waals surface area contributed by atoms with E-state index in [1.807, 2.05) is 0 Å². The number of carbonyl (C=O) groups is 2. The Labute approximate surface area is 132 Å². The van der Waals surface area contributed by atoms with Crippen molar-refractivity contribution in [3.63, 3.8) is 0 Å². The van der Waals surface area contributed by atoms with Gasteiger partial charge in [0.2, 0.25) is 5.91 Å². The molecule has 2 rings (SSSR count). The number of benzene rings is 1. The lowest BCUT2D eigenvalue weighted by atomic mass is 10.0. The standard InChI is InChI=1S/C13H14N4O5S/c1-3-22-13(19)11-10(15-16-14)12(18)17(11)23(20,21)9-6-4-8(2)5-7-9/h4-7,10-11H,3H2,1-2H3/t10-,11-/m1/s1. The van der Waals surface area contributed by atoms with Crippen molar-refractivity contribution in [2.24, 2.45) is 5.11 Å². The number of esters is 1. The number of rotatable bonds is 5. The summed E-state index contributed by atoms with van der Waals surface area (Å²) in [6.45, 7) is 3.33. The normalized spacial score (nSPS) is 20.4. The lowest BCUT2D eigenvalue weighted by Crippen LogP contribution is -2.68. The second kappa shape index (κ2) is 6.27. The summed E-state index contributed by atoms with van der Waals surface area (Å²) in [5, 5.41) is 3.19. The third-order valence-corrected chi connectivity index (χ3v) is 5.10. The molecule has 0 spiro atoms. The fourth-order valence-corrected chi connectivity index (χ4v) is 3.71. The number of carbonyl (C=O) groups excluding carboxylic acids is 2. The summed E-state index contributed by atoms with van der Waals surface area (Å²) in [4.78, 5) is 26.3. The number of amides is 1. The molecular weight excluding hydrogens is 324 g/mol. The van der Waals surface area contributed by atoms with Crippen LogP contribution in [-0.4, -0.2) is 43.3 Å². The minimum absolute atomic E-state index is 0.00489. The highest BCUT2D eigenvalue weighted by atomic mass is 32.2. The first-order valence-electron chi connectivity index (χ1n) is 6.70. The lowest BCUT2D eigenvalue weighted by molar-refractivity contribution is -0.161. The fraction of sp³-hybridized carbons (Fsp3) is 0.385. The van der Waals surface area contributed by atoms with Gasteiger partial charge >= 0.3 is 5.97 Å². The molecule has 122 valence electrons. The van der Waals surface area contributed by atoms with E-state index in [-0.39, 0.29) is 11.5 Å². The van der Waals surface area contributed by atoms with Crippen LogP contribution >= 0.6 is 0 Å². The van der Waals surface area contributed by atoms with Gasteiger partial charge in [0.15, 0.2) is 6.04 Å². The molecule has 0 radical (unpaired) electrons. The molecule has 0 unspecified atom stereocenters. The molecule has 1 aliphatic heterocycles. The van der Waals surface area contributed by atoms with Crippen molar-refractivity contribution in [3.05, 3.63) is 40.3 Å². The van der Waals surface area contributed by atoms with E-state index in [1.54, 1.807) is 26.0 Å². The van der Waals surface area contributed by atoms with Gasteiger partial charge in [0, 0.05) is 4.91 Å². The number of ether oxygens (including phenoxy) is 1. The molecule has 1 fully saturated rings. The van der Waals surface area contributed by atoms with Gasteiger partial charge in [-0.3, -0.25) is 4.79 Å². The predicted molar refractivity (Wildman–Crippen MR) is 78.6 cm³/mol. The van der Waals surface area contributed by atoms with Crippen molar-refractivity contribution >= 4 is 21.9 Å². The number of nitrogens with zero attached hydrogens (tertiary/aromatic N) is 4. The van der Waals surface area contributed by atoms with Crippen LogP contribution in [0.5, 0.6) is 0 Å². The number of hydrogen-bond acceptors (Lipinski definition) is 6. The molecule has 9 nitrogen and oxygen atoms in total. The van der Waals surface area contributed by atoms with Gasteiger partial charge in [0.05, 0.1) is 11.5 Å². The summed E-state index contributed by atoms with van der Waals surface area (Å²) < 4.78 is 30.3.